The van der Waals surface area contributed by atoms with Crippen molar-refractivity contribution in [3.63, 3.8) is 0 Å². The summed E-state index contributed by atoms with van der Waals surface area (Å²) in [7, 11) is 0. The Kier molecular flexibility index (Phi) is 7.00. The third-order valence-electron chi connectivity index (χ3n) is 4.33. The van der Waals surface area contributed by atoms with Gasteiger partial charge in [0.25, 0.3) is 0 Å². The van der Waals surface area contributed by atoms with Crippen molar-refractivity contribution in [3.05, 3.63) is 83.8 Å². The van der Waals surface area contributed by atoms with Gasteiger partial charge in [-0.05, 0) is 48.5 Å². The number of hydrogen-bond acceptors (Lipinski definition) is 6. The molecule has 0 spiro atoms. The van der Waals surface area contributed by atoms with Crippen LogP contribution in [0.5, 0.6) is 0 Å². The molecule has 0 saturated heterocycles. The lowest BCUT2D eigenvalue weighted by molar-refractivity contribution is -0.115. The van der Waals surface area contributed by atoms with Gasteiger partial charge in [-0.25, -0.2) is 4.79 Å². The first-order valence-electron chi connectivity index (χ1n) is 9.52. The average Bonchev–Trinajstić information content (AvgIpc) is 3.30. The fourth-order valence-corrected chi connectivity index (χ4v) is 2.69. The van der Waals surface area contributed by atoms with Crippen molar-refractivity contribution in [3.8, 4) is 0 Å². The summed E-state index contributed by atoms with van der Waals surface area (Å²) in [5.41, 5.74) is 1.91. The monoisotopic (exact) mass is 406 g/mol. The molecule has 0 atom stereocenters. The number of ketones is 1. The van der Waals surface area contributed by atoms with E-state index < -0.39 is 5.97 Å². The van der Waals surface area contributed by atoms with Crippen LogP contribution in [0, 0.1) is 0 Å². The highest BCUT2D eigenvalue weighted by Crippen LogP contribution is 2.18. The van der Waals surface area contributed by atoms with Crippen LogP contribution in [0.15, 0.2) is 71.3 Å². The molecule has 154 valence electrons. The van der Waals surface area contributed by atoms with Crippen molar-refractivity contribution in [1.82, 2.24) is 0 Å². The molecule has 7 nitrogen and oxygen atoms in total. The second-order valence-corrected chi connectivity index (χ2v) is 6.46. The Hall–Kier alpha value is -3.87. The van der Waals surface area contributed by atoms with Crippen molar-refractivity contribution in [1.29, 1.82) is 0 Å². The summed E-state index contributed by atoms with van der Waals surface area (Å²) in [6.07, 6.45) is 1.95. The average molecular weight is 406 g/mol. The predicted molar refractivity (Wildman–Crippen MR) is 112 cm³/mol. The fourth-order valence-electron chi connectivity index (χ4n) is 2.69. The molecule has 2 aromatic carbocycles. The van der Waals surface area contributed by atoms with Gasteiger partial charge in [-0.15, -0.1) is 0 Å². The van der Waals surface area contributed by atoms with E-state index in [0.29, 0.717) is 35.5 Å². The molecule has 30 heavy (non-hydrogen) atoms. The number of carbonyl (C=O) groups excluding carboxylic acids is 3. The van der Waals surface area contributed by atoms with Crippen molar-refractivity contribution < 1.29 is 23.5 Å². The normalized spacial score (nSPS) is 10.3. The van der Waals surface area contributed by atoms with Crippen LogP contribution >= 0.6 is 0 Å². The second-order valence-electron chi connectivity index (χ2n) is 6.46. The van der Waals surface area contributed by atoms with Crippen LogP contribution in [-0.2, 0) is 16.1 Å². The highest BCUT2D eigenvalue weighted by Gasteiger charge is 2.15. The molecule has 0 fully saturated rings. The number of hydrogen-bond donors (Lipinski definition) is 2. The van der Waals surface area contributed by atoms with Crippen molar-refractivity contribution in [2.24, 2.45) is 0 Å². The lowest BCUT2D eigenvalue weighted by Gasteiger charge is -2.11. The van der Waals surface area contributed by atoms with Gasteiger partial charge >= 0.3 is 5.97 Å². The molecule has 3 aromatic rings. The van der Waals surface area contributed by atoms with E-state index in [1.54, 1.807) is 67.8 Å². The van der Waals surface area contributed by atoms with Crippen LogP contribution in [-0.4, -0.2) is 24.3 Å². The first-order chi connectivity index (χ1) is 14.6. The number of carbonyl (C=O) groups is 3. The summed E-state index contributed by atoms with van der Waals surface area (Å²) < 4.78 is 10.5. The number of furan rings is 1. The van der Waals surface area contributed by atoms with Crippen LogP contribution in [0.4, 0.5) is 11.4 Å². The van der Waals surface area contributed by atoms with Gasteiger partial charge in [0.05, 0.1) is 18.4 Å². The molecule has 0 bridgehead atoms. The zero-order valence-electron chi connectivity index (χ0n) is 16.5. The molecule has 1 aromatic heterocycles. The number of Topliss-reactive ketones (excluding diaryl/α,β-unsaturated/α-hetero) is 1. The van der Waals surface area contributed by atoms with E-state index in [1.165, 1.54) is 0 Å². The highest BCUT2D eigenvalue weighted by atomic mass is 16.5. The minimum atomic E-state index is -0.599. The van der Waals surface area contributed by atoms with E-state index >= 15 is 0 Å². The fraction of sp³-hybridized carbons (Fsp3) is 0.174. The first kappa shape index (κ1) is 20.9. The zero-order chi connectivity index (χ0) is 21.3. The Morgan fingerprint density at radius 3 is 2.43 bits per heavy atom. The quantitative estimate of drug-likeness (QED) is 0.407. The largest absolute Gasteiger partial charge is 0.467 e. The third kappa shape index (κ3) is 5.57. The lowest BCUT2D eigenvalue weighted by atomic mass is 10.1. The summed E-state index contributed by atoms with van der Waals surface area (Å²) in [4.78, 5) is 36.2. The summed E-state index contributed by atoms with van der Waals surface area (Å²) in [5, 5.41) is 5.84. The maximum atomic E-state index is 12.5. The summed E-state index contributed by atoms with van der Waals surface area (Å²) >= 11 is 0. The molecule has 3 rings (SSSR count). The second kappa shape index (κ2) is 10.1. The standard InChI is InChI=1S/C23H22N2O5/c1-2-22(27)25-17-11-9-16(10-12-17)21(26)15-30-23(28)19-7-3-4-8-20(19)24-14-18-6-5-13-29-18/h3-13,24H,2,14-15H2,1H3,(H,25,27). The van der Waals surface area contributed by atoms with Crippen molar-refractivity contribution >= 4 is 29.0 Å². The minimum Gasteiger partial charge on any atom is -0.467 e. The predicted octanol–water partition coefficient (Wildman–Crippen LogP) is 4.28. The van der Waals surface area contributed by atoms with E-state index in [9.17, 15) is 14.4 Å². The number of benzene rings is 2. The van der Waals surface area contributed by atoms with Crippen LogP contribution in [0.3, 0.4) is 0 Å². The lowest BCUT2D eigenvalue weighted by Crippen LogP contribution is -2.16. The van der Waals surface area contributed by atoms with Crippen molar-refractivity contribution in [2.75, 3.05) is 17.2 Å². The van der Waals surface area contributed by atoms with Crippen molar-refractivity contribution in [2.45, 2.75) is 19.9 Å². The van der Waals surface area contributed by atoms with Crippen LogP contribution < -0.4 is 10.6 Å². The van der Waals surface area contributed by atoms with E-state index in [4.69, 9.17) is 9.15 Å². The van der Waals surface area contributed by atoms with Gasteiger partial charge < -0.3 is 19.8 Å². The number of rotatable bonds is 9. The molecule has 2 N–H and O–H groups in total. The number of anilines is 2. The Balaban J connectivity index is 1.57. The molecule has 0 aliphatic rings. The van der Waals surface area contributed by atoms with E-state index in [-0.39, 0.29) is 18.3 Å². The highest BCUT2D eigenvalue weighted by molar-refractivity contribution is 6.01. The van der Waals surface area contributed by atoms with E-state index in [1.807, 2.05) is 6.07 Å². The van der Waals surface area contributed by atoms with Gasteiger partial charge in [0.1, 0.15) is 5.76 Å². The molecule has 1 amide bonds. The van der Waals surface area contributed by atoms with E-state index in [2.05, 4.69) is 10.6 Å². The Morgan fingerprint density at radius 1 is 0.967 bits per heavy atom. The first-order valence-corrected chi connectivity index (χ1v) is 9.52. The molecule has 1 heterocycles. The van der Waals surface area contributed by atoms with Crippen LogP contribution in [0.25, 0.3) is 0 Å². The Labute approximate surface area is 174 Å². The van der Waals surface area contributed by atoms with Gasteiger partial charge in [0.2, 0.25) is 5.91 Å². The number of nitrogens with one attached hydrogen (secondary N) is 2. The van der Waals surface area contributed by atoms with Gasteiger partial charge in [0, 0.05) is 23.4 Å². The number of ether oxygens (including phenoxy) is 1. The summed E-state index contributed by atoms with van der Waals surface area (Å²) in [5.74, 6) is -0.315. The van der Waals surface area contributed by atoms with Gasteiger partial charge in [-0.2, -0.15) is 0 Å². The van der Waals surface area contributed by atoms with E-state index in [0.717, 1.165) is 5.76 Å². The molecular weight excluding hydrogens is 384 g/mol. The third-order valence-corrected chi connectivity index (χ3v) is 4.33. The molecule has 7 heteroatoms. The van der Waals surface area contributed by atoms with Crippen LogP contribution in [0.2, 0.25) is 0 Å². The number of amides is 1. The number of esters is 1. The maximum Gasteiger partial charge on any atom is 0.340 e. The molecule has 0 radical (unpaired) electrons. The summed E-state index contributed by atoms with van der Waals surface area (Å²) in [6, 6.07) is 16.9. The summed E-state index contributed by atoms with van der Waals surface area (Å²) in [6.45, 7) is 1.79. The topological polar surface area (TPSA) is 97.6 Å². The van der Waals surface area contributed by atoms with Gasteiger partial charge in [-0.3, -0.25) is 9.59 Å². The molecule has 0 saturated carbocycles. The smallest absolute Gasteiger partial charge is 0.340 e. The van der Waals surface area contributed by atoms with Gasteiger partial charge in [0.15, 0.2) is 12.4 Å². The molecule has 0 aliphatic heterocycles. The molecule has 0 unspecified atom stereocenters. The van der Waals surface area contributed by atoms with Crippen LogP contribution in [0.1, 0.15) is 39.8 Å². The maximum absolute atomic E-state index is 12.5. The minimum absolute atomic E-state index is 0.109. The Morgan fingerprint density at radius 2 is 1.73 bits per heavy atom. The SMILES string of the molecule is CCC(=O)Nc1ccc(C(=O)COC(=O)c2ccccc2NCc2ccco2)cc1. The van der Waals surface area contributed by atoms with Gasteiger partial charge in [-0.1, -0.05) is 19.1 Å². The zero-order valence-corrected chi connectivity index (χ0v) is 16.5. The Bertz CT molecular complexity index is 1010. The number of para-hydroxylation sites is 1. The molecular formula is C23H22N2O5. The molecule has 0 aliphatic carbocycles.